The maximum Gasteiger partial charge on any atom is 0.188 e. The topological polar surface area (TPSA) is 77.9 Å². The third kappa shape index (κ3) is 2.02. The van der Waals surface area contributed by atoms with Crippen LogP contribution < -0.4 is 0 Å². The fourth-order valence-corrected chi connectivity index (χ4v) is 1.65. The molecule has 2 N–H and O–H groups in total. The predicted molar refractivity (Wildman–Crippen MR) is 44.6 cm³/mol. The van der Waals surface area contributed by atoms with Crippen LogP contribution in [0.5, 0.6) is 0 Å². The average Bonchev–Trinajstić information content (AvgIpc) is 2.76. The van der Waals surface area contributed by atoms with Gasteiger partial charge in [-0.25, -0.2) is 0 Å². The molecule has 6 nitrogen and oxygen atoms in total. The fourth-order valence-electron chi connectivity index (χ4n) is 1.65. The van der Waals surface area contributed by atoms with E-state index in [4.69, 9.17) is 5.11 Å². The van der Waals surface area contributed by atoms with Gasteiger partial charge in [-0.1, -0.05) is 5.21 Å². The quantitative estimate of drug-likeness (QED) is 0.629. The number of aliphatic hydroxyl groups is 1. The van der Waals surface area contributed by atoms with Crippen LogP contribution >= 0.6 is 0 Å². The van der Waals surface area contributed by atoms with Gasteiger partial charge in [-0.15, -0.1) is 10.2 Å². The SMILES string of the molecule is OCC1CCN(Cc2nn[nH]n2)C1. The van der Waals surface area contributed by atoms with E-state index in [1.54, 1.807) is 0 Å². The lowest BCUT2D eigenvalue weighted by atomic mass is 10.1. The van der Waals surface area contributed by atoms with E-state index >= 15 is 0 Å². The van der Waals surface area contributed by atoms with Crippen molar-refractivity contribution in [2.75, 3.05) is 19.7 Å². The third-order valence-corrected chi connectivity index (χ3v) is 2.38. The first-order chi connectivity index (χ1) is 6.38. The van der Waals surface area contributed by atoms with E-state index < -0.39 is 0 Å². The summed E-state index contributed by atoms with van der Waals surface area (Å²) in [6, 6.07) is 0. The van der Waals surface area contributed by atoms with Crippen LogP contribution in [0.4, 0.5) is 0 Å². The molecule has 13 heavy (non-hydrogen) atoms. The van der Waals surface area contributed by atoms with Gasteiger partial charge in [0, 0.05) is 13.2 Å². The average molecular weight is 183 g/mol. The molecule has 2 heterocycles. The standard InChI is InChI=1S/C7H13N5O/c13-5-6-1-2-12(3-6)4-7-8-10-11-9-7/h6,13H,1-5H2,(H,8,9,10,11). The van der Waals surface area contributed by atoms with Crippen LogP contribution in [0.1, 0.15) is 12.2 Å². The Kier molecular flexibility index (Phi) is 2.51. The molecule has 0 bridgehead atoms. The number of hydrogen-bond donors (Lipinski definition) is 2. The number of rotatable bonds is 3. The third-order valence-electron chi connectivity index (χ3n) is 2.38. The molecule has 0 aromatic carbocycles. The number of nitrogens with zero attached hydrogens (tertiary/aromatic N) is 4. The Labute approximate surface area is 75.9 Å². The zero-order chi connectivity index (χ0) is 9.10. The first kappa shape index (κ1) is 8.58. The van der Waals surface area contributed by atoms with Crippen molar-refractivity contribution < 1.29 is 5.11 Å². The minimum Gasteiger partial charge on any atom is -0.396 e. The van der Waals surface area contributed by atoms with E-state index in [2.05, 4.69) is 25.5 Å². The lowest BCUT2D eigenvalue weighted by Gasteiger charge is -2.11. The molecule has 72 valence electrons. The van der Waals surface area contributed by atoms with Crippen molar-refractivity contribution in [3.63, 3.8) is 0 Å². The zero-order valence-electron chi connectivity index (χ0n) is 7.35. The van der Waals surface area contributed by atoms with Crippen LogP contribution in [0.2, 0.25) is 0 Å². The number of likely N-dealkylation sites (tertiary alicyclic amines) is 1. The van der Waals surface area contributed by atoms with Gasteiger partial charge in [0.05, 0.1) is 6.54 Å². The molecule has 1 saturated heterocycles. The lowest BCUT2D eigenvalue weighted by molar-refractivity contribution is 0.219. The zero-order valence-corrected chi connectivity index (χ0v) is 7.35. The first-order valence-electron chi connectivity index (χ1n) is 4.44. The summed E-state index contributed by atoms with van der Waals surface area (Å²) < 4.78 is 0. The predicted octanol–water partition coefficient (Wildman–Crippen LogP) is -0.986. The molecule has 6 heteroatoms. The summed E-state index contributed by atoms with van der Waals surface area (Å²) in [4.78, 5) is 2.23. The van der Waals surface area contributed by atoms with Crippen molar-refractivity contribution in [3.05, 3.63) is 5.82 Å². The molecular weight excluding hydrogens is 170 g/mol. The molecular formula is C7H13N5O. The van der Waals surface area contributed by atoms with E-state index in [0.717, 1.165) is 31.9 Å². The van der Waals surface area contributed by atoms with Gasteiger partial charge in [0.15, 0.2) is 5.82 Å². The van der Waals surface area contributed by atoms with Gasteiger partial charge in [0.1, 0.15) is 0 Å². The normalized spacial score (nSPS) is 23.9. The summed E-state index contributed by atoms with van der Waals surface area (Å²) in [5.74, 6) is 1.14. The summed E-state index contributed by atoms with van der Waals surface area (Å²) in [5.41, 5.74) is 0. The molecule has 1 unspecified atom stereocenters. The smallest absolute Gasteiger partial charge is 0.188 e. The number of tetrazole rings is 1. The van der Waals surface area contributed by atoms with Gasteiger partial charge in [0.2, 0.25) is 0 Å². The Hall–Kier alpha value is -1.01. The van der Waals surface area contributed by atoms with Crippen molar-refractivity contribution in [1.29, 1.82) is 0 Å². The number of aromatic nitrogens is 4. The molecule has 1 aliphatic heterocycles. The highest BCUT2D eigenvalue weighted by Gasteiger charge is 2.22. The molecule has 0 saturated carbocycles. The van der Waals surface area contributed by atoms with E-state index in [1.807, 2.05) is 0 Å². The summed E-state index contributed by atoms with van der Waals surface area (Å²) >= 11 is 0. The molecule has 1 atom stereocenters. The molecule has 2 rings (SSSR count). The number of H-pyrrole nitrogens is 1. The molecule has 1 aromatic heterocycles. The van der Waals surface area contributed by atoms with Gasteiger partial charge in [-0.3, -0.25) is 4.90 Å². The molecule has 0 amide bonds. The number of aromatic amines is 1. The van der Waals surface area contributed by atoms with Gasteiger partial charge >= 0.3 is 0 Å². The monoisotopic (exact) mass is 183 g/mol. The van der Waals surface area contributed by atoms with E-state index in [-0.39, 0.29) is 6.61 Å². The number of nitrogens with one attached hydrogen (secondary N) is 1. The maximum atomic E-state index is 8.93. The van der Waals surface area contributed by atoms with Crippen LogP contribution in [0.25, 0.3) is 0 Å². The van der Waals surface area contributed by atoms with Gasteiger partial charge in [0.25, 0.3) is 0 Å². The van der Waals surface area contributed by atoms with E-state index in [0.29, 0.717) is 5.92 Å². The Morgan fingerprint density at radius 1 is 1.62 bits per heavy atom. The van der Waals surface area contributed by atoms with Crippen molar-refractivity contribution in [2.24, 2.45) is 5.92 Å². The van der Waals surface area contributed by atoms with Gasteiger partial charge in [-0.2, -0.15) is 5.21 Å². The summed E-state index contributed by atoms with van der Waals surface area (Å²) in [7, 11) is 0. The van der Waals surface area contributed by atoms with Crippen molar-refractivity contribution in [2.45, 2.75) is 13.0 Å². The van der Waals surface area contributed by atoms with Gasteiger partial charge in [-0.05, 0) is 18.9 Å². The number of hydrogen-bond acceptors (Lipinski definition) is 5. The van der Waals surface area contributed by atoms with Crippen molar-refractivity contribution in [3.8, 4) is 0 Å². The molecule has 0 aliphatic carbocycles. The van der Waals surface area contributed by atoms with Crippen LogP contribution in [0.3, 0.4) is 0 Å². The molecule has 0 spiro atoms. The summed E-state index contributed by atoms with van der Waals surface area (Å²) in [6.07, 6.45) is 1.06. The highest BCUT2D eigenvalue weighted by atomic mass is 16.3. The van der Waals surface area contributed by atoms with Crippen LogP contribution in [0.15, 0.2) is 0 Å². The van der Waals surface area contributed by atoms with Gasteiger partial charge < -0.3 is 5.11 Å². The van der Waals surface area contributed by atoms with E-state index in [1.165, 1.54) is 0 Å². The Bertz CT molecular complexity index is 249. The Morgan fingerprint density at radius 3 is 3.15 bits per heavy atom. The molecule has 1 aliphatic rings. The summed E-state index contributed by atoms with van der Waals surface area (Å²) in [5, 5.41) is 22.6. The highest BCUT2D eigenvalue weighted by molar-refractivity contribution is 4.81. The second-order valence-electron chi connectivity index (χ2n) is 3.40. The summed E-state index contributed by atoms with van der Waals surface area (Å²) in [6.45, 7) is 2.96. The molecule has 0 radical (unpaired) electrons. The second-order valence-corrected chi connectivity index (χ2v) is 3.40. The van der Waals surface area contributed by atoms with Crippen LogP contribution in [0, 0.1) is 5.92 Å². The van der Waals surface area contributed by atoms with Crippen LogP contribution in [-0.2, 0) is 6.54 Å². The lowest BCUT2D eigenvalue weighted by Crippen LogP contribution is -2.21. The largest absolute Gasteiger partial charge is 0.396 e. The van der Waals surface area contributed by atoms with Crippen molar-refractivity contribution >= 4 is 0 Å². The Balaban J connectivity index is 1.84. The second kappa shape index (κ2) is 3.80. The fraction of sp³-hybridized carbons (Fsp3) is 0.857. The van der Waals surface area contributed by atoms with Crippen molar-refractivity contribution in [1.82, 2.24) is 25.5 Å². The molecule has 1 fully saturated rings. The Morgan fingerprint density at radius 2 is 2.54 bits per heavy atom. The number of aliphatic hydroxyl groups excluding tert-OH is 1. The van der Waals surface area contributed by atoms with Crippen LogP contribution in [-0.4, -0.2) is 50.3 Å². The highest BCUT2D eigenvalue weighted by Crippen LogP contribution is 2.16. The molecule has 1 aromatic rings. The minimum absolute atomic E-state index is 0.281. The maximum absolute atomic E-state index is 8.93. The first-order valence-corrected chi connectivity index (χ1v) is 4.44. The minimum atomic E-state index is 0.281. The van der Waals surface area contributed by atoms with E-state index in [9.17, 15) is 0 Å².